The number of carbonyl (C=O) groups is 3. The van der Waals surface area contributed by atoms with E-state index in [1.807, 2.05) is 12.2 Å². The lowest BCUT2D eigenvalue weighted by molar-refractivity contribution is -0.384. The minimum Gasteiger partial charge on any atom is -0.423 e. The number of non-ortho nitro benzene ring substituents is 1. The highest BCUT2D eigenvalue weighted by molar-refractivity contribution is 6.23. The minimum absolute atomic E-state index is 0.108. The quantitative estimate of drug-likeness (QED) is 0.194. The molecule has 1 heterocycles. The molecule has 2 aromatic carbocycles. The van der Waals surface area contributed by atoms with Gasteiger partial charge in [-0.25, -0.2) is 9.69 Å². The summed E-state index contributed by atoms with van der Waals surface area (Å²) in [6.45, 7) is 0. The first-order chi connectivity index (χ1) is 14.4. The van der Waals surface area contributed by atoms with E-state index in [9.17, 15) is 24.5 Å². The lowest BCUT2D eigenvalue weighted by Crippen LogP contribution is -2.33. The van der Waals surface area contributed by atoms with E-state index >= 15 is 0 Å². The van der Waals surface area contributed by atoms with Gasteiger partial charge in [0.15, 0.2) is 0 Å². The van der Waals surface area contributed by atoms with E-state index in [1.54, 1.807) is 12.1 Å². The maximum absolute atomic E-state index is 12.9. The van der Waals surface area contributed by atoms with Gasteiger partial charge in [-0.2, -0.15) is 0 Å². The fourth-order valence-corrected chi connectivity index (χ4v) is 4.73. The second-order valence-corrected chi connectivity index (χ2v) is 7.70. The predicted molar refractivity (Wildman–Crippen MR) is 105 cm³/mol. The number of allylic oxidation sites excluding steroid dienone is 2. The van der Waals surface area contributed by atoms with Crippen LogP contribution in [-0.2, 0) is 9.59 Å². The van der Waals surface area contributed by atoms with Crippen LogP contribution in [0.25, 0.3) is 0 Å². The highest BCUT2D eigenvalue weighted by Crippen LogP contribution is 2.53. The van der Waals surface area contributed by atoms with E-state index in [4.69, 9.17) is 4.74 Å². The normalized spacial score (nSPS) is 26.2. The number of esters is 1. The molecule has 0 radical (unpaired) electrons. The van der Waals surface area contributed by atoms with Gasteiger partial charge in [-0.1, -0.05) is 18.2 Å². The monoisotopic (exact) mass is 404 g/mol. The van der Waals surface area contributed by atoms with Crippen molar-refractivity contribution in [3.63, 3.8) is 0 Å². The van der Waals surface area contributed by atoms with Crippen LogP contribution in [0.15, 0.2) is 60.7 Å². The number of nitro benzene ring substituents is 1. The zero-order valence-corrected chi connectivity index (χ0v) is 15.6. The van der Waals surface area contributed by atoms with Crippen LogP contribution in [0, 0.1) is 33.8 Å². The Bertz CT molecular complexity index is 1090. The Morgan fingerprint density at radius 3 is 2.23 bits per heavy atom. The summed E-state index contributed by atoms with van der Waals surface area (Å²) in [6, 6.07) is 11.3. The third-order valence-corrected chi connectivity index (χ3v) is 6.07. The van der Waals surface area contributed by atoms with Gasteiger partial charge in [-0.05, 0) is 48.6 Å². The van der Waals surface area contributed by atoms with Crippen LogP contribution in [0.2, 0.25) is 0 Å². The zero-order valence-electron chi connectivity index (χ0n) is 15.6. The molecule has 1 aliphatic heterocycles. The number of imide groups is 1. The lowest BCUT2D eigenvalue weighted by Gasteiger charge is -2.18. The van der Waals surface area contributed by atoms with E-state index in [2.05, 4.69) is 0 Å². The summed E-state index contributed by atoms with van der Waals surface area (Å²) in [6.07, 6.45) is 4.90. The Kier molecular flexibility index (Phi) is 4.02. The average Bonchev–Trinajstić information content (AvgIpc) is 3.42. The van der Waals surface area contributed by atoms with Gasteiger partial charge in [-0.3, -0.25) is 19.7 Å². The Morgan fingerprint density at radius 1 is 1.00 bits per heavy atom. The standard InChI is InChI=1S/C22H16N2O6/c25-20-18-12-4-5-13(10-12)19(18)21(26)23(20)16-3-1-2-14(11-16)22(27)30-17-8-6-15(7-9-17)24(28)29/h1-9,11-13,18-19H,10H2. The van der Waals surface area contributed by atoms with Crippen molar-refractivity contribution in [2.24, 2.45) is 23.7 Å². The van der Waals surface area contributed by atoms with E-state index < -0.39 is 10.9 Å². The van der Waals surface area contributed by atoms with Crippen molar-refractivity contribution in [2.75, 3.05) is 4.90 Å². The maximum Gasteiger partial charge on any atom is 0.343 e. The van der Waals surface area contributed by atoms with Crippen LogP contribution in [0.1, 0.15) is 16.8 Å². The number of rotatable bonds is 4. The molecular weight excluding hydrogens is 388 g/mol. The average molecular weight is 404 g/mol. The molecule has 150 valence electrons. The lowest BCUT2D eigenvalue weighted by atomic mass is 9.85. The van der Waals surface area contributed by atoms with Gasteiger partial charge >= 0.3 is 5.97 Å². The molecule has 30 heavy (non-hydrogen) atoms. The molecule has 2 fully saturated rings. The van der Waals surface area contributed by atoms with Gasteiger partial charge in [-0.15, -0.1) is 0 Å². The summed E-state index contributed by atoms with van der Waals surface area (Å²) in [5.41, 5.74) is 0.401. The third-order valence-electron chi connectivity index (χ3n) is 6.07. The summed E-state index contributed by atoms with van der Waals surface area (Å²) in [5.74, 6) is -1.39. The van der Waals surface area contributed by atoms with Crippen molar-refractivity contribution in [3.8, 4) is 5.75 Å². The molecule has 0 N–H and O–H groups in total. The van der Waals surface area contributed by atoms with Crippen LogP contribution < -0.4 is 9.64 Å². The van der Waals surface area contributed by atoms with Crippen LogP contribution >= 0.6 is 0 Å². The molecule has 2 amide bonds. The Balaban J connectivity index is 1.37. The molecule has 2 aromatic rings. The number of hydrogen-bond acceptors (Lipinski definition) is 6. The van der Waals surface area contributed by atoms with Crippen molar-refractivity contribution in [1.82, 2.24) is 0 Å². The first-order valence-electron chi connectivity index (χ1n) is 9.57. The topological polar surface area (TPSA) is 107 Å². The number of hydrogen-bond donors (Lipinski definition) is 0. The number of carbonyl (C=O) groups excluding carboxylic acids is 3. The number of fused-ring (bicyclic) bond motifs is 5. The SMILES string of the molecule is O=C(Oc1ccc([N+](=O)[O-])cc1)c1cccc(N2C(=O)C3C4C=CC(C4)C3C2=O)c1. The second-order valence-electron chi connectivity index (χ2n) is 7.70. The van der Waals surface area contributed by atoms with Crippen molar-refractivity contribution in [3.05, 3.63) is 76.4 Å². The third kappa shape index (κ3) is 2.72. The van der Waals surface area contributed by atoms with Crippen LogP contribution in [0.3, 0.4) is 0 Å². The largest absolute Gasteiger partial charge is 0.423 e. The van der Waals surface area contributed by atoms with Crippen LogP contribution in [-0.4, -0.2) is 22.7 Å². The Hall–Kier alpha value is -3.81. The summed E-state index contributed by atoms with van der Waals surface area (Å²) in [7, 11) is 0. The minimum atomic E-state index is -0.688. The number of amides is 2. The van der Waals surface area contributed by atoms with Crippen molar-refractivity contribution in [2.45, 2.75) is 6.42 Å². The molecule has 3 aliphatic rings. The number of nitrogens with zero attached hydrogens (tertiary/aromatic N) is 2. The molecule has 8 heteroatoms. The summed E-state index contributed by atoms with van der Waals surface area (Å²) in [4.78, 5) is 49.8. The summed E-state index contributed by atoms with van der Waals surface area (Å²) in [5, 5.41) is 10.7. The van der Waals surface area contributed by atoms with Crippen molar-refractivity contribution in [1.29, 1.82) is 0 Å². The number of benzene rings is 2. The summed E-state index contributed by atoms with van der Waals surface area (Å²) < 4.78 is 5.27. The van der Waals surface area contributed by atoms with Gasteiger partial charge in [0.05, 0.1) is 28.0 Å². The molecule has 1 saturated carbocycles. The molecule has 8 nitrogen and oxygen atoms in total. The molecule has 2 bridgehead atoms. The highest BCUT2D eigenvalue weighted by atomic mass is 16.6. The smallest absolute Gasteiger partial charge is 0.343 e. The van der Waals surface area contributed by atoms with Gasteiger partial charge in [0.2, 0.25) is 11.8 Å². The first kappa shape index (κ1) is 18.2. The predicted octanol–water partition coefficient (Wildman–Crippen LogP) is 3.13. The molecule has 4 atom stereocenters. The number of nitro groups is 1. The van der Waals surface area contributed by atoms with Crippen molar-refractivity contribution < 1.29 is 24.0 Å². The van der Waals surface area contributed by atoms with Crippen LogP contribution in [0.4, 0.5) is 11.4 Å². The molecule has 0 aromatic heterocycles. The van der Waals surface area contributed by atoms with E-state index in [0.717, 1.165) is 6.42 Å². The van der Waals surface area contributed by atoms with Gasteiger partial charge in [0, 0.05) is 12.1 Å². The highest BCUT2D eigenvalue weighted by Gasteiger charge is 2.59. The summed E-state index contributed by atoms with van der Waals surface area (Å²) >= 11 is 0. The second kappa shape index (κ2) is 6.62. The molecule has 4 unspecified atom stereocenters. The Morgan fingerprint density at radius 2 is 1.63 bits per heavy atom. The molecule has 0 spiro atoms. The molecular formula is C22H16N2O6. The van der Waals surface area contributed by atoms with Crippen LogP contribution in [0.5, 0.6) is 5.75 Å². The fourth-order valence-electron chi connectivity index (χ4n) is 4.73. The first-order valence-corrected chi connectivity index (χ1v) is 9.57. The van der Waals surface area contributed by atoms with Crippen molar-refractivity contribution >= 4 is 29.2 Å². The van der Waals surface area contributed by atoms with E-state index in [0.29, 0.717) is 5.69 Å². The molecule has 1 saturated heterocycles. The van der Waals surface area contributed by atoms with Gasteiger partial charge in [0.1, 0.15) is 5.75 Å². The number of anilines is 1. The fraction of sp³-hybridized carbons (Fsp3) is 0.227. The van der Waals surface area contributed by atoms with E-state index in [-0.39, 0.29) is 52.5 Å². The van der Waals surface area contributed by atoms with Gasteiger partial charge in [0.25, 0.3) is 5.69 Å². The molecule has 5 rings (SSSR count). The number of ether oxygens (including phenoxy) is 1. The van der Waals surface area contributed by atoms with E-state index in [1.165, 1.54) is 41.3 Å². The zero-order chi connectivity index (χ0) is 21.0. The Labute approximate surface area is 170 Å². The van der Waals surface area contributed by atoms with Gasteiger partial charge < -0.3 is 4.74 Å². The maximum atomic E-state index is 12.9. The molecule has 2 aliphatic carbocycles.